The van der Waals surface area contributed by atoms with Crippen molar-refractivity contribution in [2.75, 3.05) is 12.3 Å². The fraction of sp³-hybridized carbons (Fsp3) is 1.00. The van der Waals surface area contributed by atoms with E-state index in [2.05, 4.69) is 44.8 Å². The number of hydrogen-bond donors (Lipinski definition) is 1. The molecule has 1 nitrogen and oxygen atoms in total. The lowest BCUT2D eigenvalue weighted by atomic mass is 9.95. The first-order chi connectivity index (χ1) is 8.08. The van der Waals surface area contributed by atoms with Gasteiger partial charge in [0.05, 0.1) is 0 Å². The van der Waals surface area contributed by atoms with E-state index >= 15 is 0 Å². The molecule has 1 saturated heterocycles. The van der Waals surface area contributed by atoms with Gasteiger partial charge in [-0.25, -0.2) is 0 Å². The van der Waals surface area contributed by atoms with Gasteiger partial charge in [-0.3, -0.25) is 0 Å². The molecule has 1 fully saturated rings. The first-order valence-corrected chi connectivity index (χ1v) is 8.47. The van der Waals surface area contributed by atoms with Crippen LogP contribution in [0, 0.1) is 11.8 Å². The van der Waals surface area contributed by atoms with Gasteiger partial charge in [-0.2, -0.15) is 11.8 Å². The van der Waals surface area contributed by atoms with E-state index in [0.717, 1.165) is 23.1 Å². The maximum absolute atomic E-state index is 3.83. The van der Waals surface area contributed by atoms with E-state index in [-0.39, 0.29) is 0 Å². The summed E-state index contributed by atoms with van der Waals surface area (Å²) in [6.45, 7) is 10.6. The van der Waals surface area contributed by atoms with Crippen molar-refractivity contribution in [3.05, 3.63) is 0 Å². The Labute approximate surface area is 113 Å². The Kier molecular flexibility index (Phi) is 7.61. The second kappa shape index (κ2) is 8.42. The molecule has 1 N–H and O–H groups in total. The Morgan fingerprint density at radius 3 is 2.18 bits per heavy atom. The van der Waals surface area contributed by atoms with Crippen LogP contribution >= 0.6 is 11.8 Å². The predicted octanol–water partition coefficient (Wildman–Crippen LogP) is 4.32. The molecule has 0 saturated carbocycles. The minimum Gasteiger partial charge on any atom is -0.313 e. The van der Waals surface area contributed by atoms with Crippen LogP contribution in [-0.2, 0) is 0 Å². The van der Waals surface area contributed by atoms with Gasteiger partial charge in [0, 0.05) is 17.8 Å². The zero-order chi connectivity index (χ0) is 12.7. The van der Waals surface area contributed by atoms with E-state index in [1.807, 2.05) is 0 Å². The maximum Gasteiger partial charge on any atom is 0.0172 e. The Morgan fingerprint density at radius 1 is 1.06 bits per heavy atom. The van der Waals surface area contributed by atoms with Crippen LogP contribution in [0.15, 0.2) is 0 Å². The summed E-state index contributed by atoms with van der Waals surface area (Å²) in [4.78, 5) is 0. The predicted molar refractivity (Wildman–Crippen MR) is 80.8 cm³/mol. The van der Waals surface area contributed by atoms with E-state index in [1.54, 1.807) is 0 Å². The van der Waals surface area contributed by atoms with Gasteiger partial charge in [0.2, 0.25) is 0 Å². The number of hydrogen-bond acceptors (Lipinski definition) is 2. The lowest BCUT2D eigenvalue weighted by Gasteiger charge is -2.27. The van der Waals surface area contributed by atoms with Crippen molar-refractivity contribution in [1.82, 2.24) is 5.32 Å². The van der Waals surface area contributed by atoms with Crippen molar-refractivity contribution in [2.24, 2.45) is 11.8 Å². The lowest BCUT2D eigenvalue weighted by molar-refractivity contribution is 0.358. The molecule has 1 rings (SSSR count). The third-order valence-corrected chi connectivity index (χ3v) is 4.82. The Balaban J connectivity index is 2.26. The quantitative estimate of drug-likeness (QED) is 0.729. The Bertz CT molecular complexity index is 175. The highest BCUT2D eigenvalue weighted by Gasteiger charge is 2.17. The molecule has 1 unspecified atom stereocenters. The van der Waals surface area contributed by atoms with Crippen molar-refractivity contribution in [3.8, 4) is 0 Å². The monoisotopic (exact) mass is 257 g/mol. The highest BCUT2D eigenvalue weighted by molar-refractivity contribution is 7.99. The average molecular weight is 257 g/mol. The Hall–Kier alpha value is 0.310. The molecule has 17 heavy (non-hydrogen) atoms. The van der Waals surface area contributed by atoms with Crippen LogP contribution in [0.2, 0.25) is 0 Å². The SMILES string of the molecule is CC(C)CC(CC(C)C)NCC1CCCCS1. The van der Waals surface area contributed by atoms with Crippen molar-refractivity contribution >= 4 is 11.8 Å². The molecule has 0 aromatic rings. The number of rotatable bonds is 7. The van der Waals surface area contributed by atoms with Crippen LogP contribution in [0.3, 0.4) is 0 Å². The van der Waals surface area contributed by atoms with Crippen LogP contribution in [0.1, 0.15) is 59.8 Å². The zero-order valence-electron chi connectivity index (χ0n) is 12.2. The van der Waals surface area contributed by atoms with Crippen LogP contribution < -0.4 is 5.32 Å². The van der Waals surface area contributed by atoms with Gasteiger partial charge in [0.1, 0.15) is 0 Å². The third-order valence-electron chi connectivity index (χ3n) is 3.42. The smallest absolute Gasteiger partial charge is 0.0172 e. The van der Waals surface area contributed by atoms with Crippen molar-refractivity contribution in [1.29, 1.82) is 0 Å². The van der Waals surface area contributed by atoms with E-state index in [1.165, 1.54) is 44.4 Å². The van der Waals surface area contributed by atoms with Gasteiger partial charge in [-0.1, -0.05) is 34.1 Å². The largest absolute Gasteiger partial charge is 0.313 e. The third kappa shape index (κ3) is 7.35. The fourth-order valence-electron chi connectivity index (χ4n) is 2.67. The van der Waals surface area contributed by atoms with E-state index in [0.29, 0.717) is 0 Å². The molecule has 0 radical (unpaired) electrons. The molecule has 1 atom stereocenters. The summed E-state index contributed by atoms with van der Waals surface area (Å²) in [5.74, 6) is 3.00. The summed E-state index contributed by atoms with van der Waals surface area (Å²) >= 11 is 2.18. The highest BCUT2D eigenvalue weighted by Crippen LogP contribution is 2.24. The summed E-state index contributed by atoms with van der Waals surface area (Å²) < 4.78 is 0. The second-order valence-corrected chi connectivity index (χ2v) is 7.76. The summed E-state index contributed by atoms with van der Waals surface area (Å²) in [5.41, 5.74) is 0. The standard InChI is InChI=1S/C15H31NS/c1-12(2)9-14(10-13(3)4)16-11-15-7-5-6-8-17-15/h12-16H,5-11H2,1-4H3. The number of thioether (sulfide) groups is 1. The molecule has 0 aromatic heterocycles. The normalized spacial score (nSPS) is 21.7. The van der Waals surface area contributed by atoms with Gasteiger partial charge >= 0.3 is 0 Å². The molecule has 0 amide bonds. The van der Waals surface area contributed by atoms with Gasteiger partial charge < -0.3 is 5.32 Å². The molecule has 0 spiro atoms. The van der Waals surface area contributed by atoms with E-state index in [4.69, 9.17) is 0 Å². The average Bonchev–Trinajstić information content (AvgIpc) is 2.26. The van der Waals surface area contributed by atoms with Gasteiger partial charge in [-0.15, -0.1) is 0 Å². The molecule has 0 bridgehead atoms. The first kappa shape index (κ1) is 15.4. The lowest BCUT2D eigenvalue weighted by Crippen LogP contribution is -2.37. The molecule has 1 heterocycles. The maximum atomic E-state index is 3.83. The van der Waals surface area contributed by atoms with Crippen molar-refractivity contribution < 1.29 is 0 Å². The van der Waals surface area contributed by atoms with Gasteiger partial charge in [0.25, 0.3) is 0 Å². The zero-order valence-corrected chi connectivity index (χ0v) is 13.0. The van der Waals surface area contributed by atoms with E-state index < -0.39 is 0 Å². The molecule has 102 valence electrons. The molecule has 0 aliphatic carbocycles. The summed E-state index contributed by atoms with van der Waals surface area (Å²) in [7, 11) is 0. The molecule has 2 heteroatoms. The minimum absolute atomic E-state index is 0.734. The molecule has 1 aliphatic heterocycles. The first-order valence-electron chi connectivity index (χ1n) is 7.43. The summed E-state index contributed by atoms with van der Waals surface area (Å²) in [6.07, 6.45) is 6.96. The van der Waals surface area contributed by atoms with Crippen LogP contribution in [0.4, 0.5) is 0 Å². The number of nitrogens with one attached hydrogen (secondary N) is 1. The van der Waals surface area contributed by atoms with Crippen LogP contribution in [0.25, 0.3) is 0 Å². The fourth-order valence-corrected chi connectivity index (χ4v) is 3.92. The van der Waals surface area contributed by atoms with Crippen molar-refractivity contribution in [3.63, 3.8) is 0 Å². The second-order valence-electron chi connectivity index (χ2n) is 6.35. The van der Waals surface area contributed by atoms with Crippen LogP contribution in [-0.4, -0.2) is 23.6 Å². The molecule has 1 aliphatic rings. The topological polar surface area (TPSA) is 12.0 Å². The molecular formula is C15H31NS. The summed E-state index contributed by atoms with van der Waals surface area (Å²) in [5, 5.41) is 4.71. The molecule has 0 aromatic carbocycles. The van der Waals surface area contributed by atoms with Gasteiger partial charge in [-0.05, 0) is 43.3 Å². The minimum atomic E-state index is 0.734. The van der Waals surface area contributed by atoms with Crippen LogP contribution in [0.5, 0.6) is 0 Å². The van der Waals surface area contributed by atoms with Crippen molar-refractivity contribution in [2.45, 2.75) is 71.1 Å². The Morgan fingerprint density at radius 2 is 1.71 bits per heavy atom. The highest BCUT2D eigenvalue weighted by atomic mass is 32.2. The van der Waals surface area contributed by atoms with E-state index in [9.17, 15) is 0 Å². The molecular weight excluding hydrogens is 226 g/mol. The summed E-state index contributed by atoms with van der Waals surface area (Å²) in [6, 6.07) is 0.734. The van der Waals surface area contributed by atoms with Gasteiger partial charge in [0.15, 0.2) is 0 Å².